The van der Waals surface area contributed by atoms with Gasteiger partial charge in [0.2, 0.25) is 0 Å². The normalized spacial score (nSPS) is 10.5. The SMILES string of the molecule is O=c1cc2ncc([N+](=O)[O-])cn2[nH]1. The highest BCUT2D eigenvalue weighted by Crippen LogP contribution is 2.07. The zero-order valence-corrected chi connectivity index (χ0v) is 6.30. The lowest BCUT2D eigenvalue weighted by molar-refractivity contribution is -0.385. The Kier molecular flexibility index (Phi) is 1.38. The van der Waals surface area contributed by atoms with E-state index in [9.17, 15) is 14.9 Å². The van der Waals surface area contributed by atoms with E-state index < -0.39 is 4.92 Å². The second-order valence-electron chi connectivity index (χ2n) is 2.42. The van der Waals surface area contributed by atoms with Gasteiger partial charge < -0.3 is 0 Å². The quantitative estimate of drug-likeness (QED) is 0.491. The van der Waals surface area contributed by atoms with Crippen molar-refractivity contribution < 1.29 is 4.92 Å². The third-order valence-corrected chi connectivity index (χ3v) is 1.54. The predicted octanol–water partition coefficient (Wildman–Crippen LogP) is -0.0692. The van der Waals surface area contributed by atoms with Crippen LogP contribution >= 0.6 is 0 Å². The Morgan fingerprint density at radius 1 is 1.62 bits per heavy atom. The van der Waals surface area contributed by atoms with Crippen molar-refractivity contribution in [2.75, 3.05) is 0 Å². The molecule has 2 rings (SSSR count). The van der Waals surface area contributed by atoms with Crippen molar-refractivity contribution in [3.63, 3.8) is 0 Å². The lowest BCUT2D eigenvalue weighted by Crippen LogP contribution is -1.99. The topological polar surface area (TPSA) is 93.3 Å². The van der Waals surface area contributed by atoms with Crippen molar-refractivity contribution in [1.29, 1.82) is 0 Å². The standard InChI is InChI=1S/C6H4N4O3/c11-6-1-5-7-2-4(10(12)13)3-9(5)8-6/h1-3H,(H,8,11). The van der Waals surface area contributed by atoms with E-state index in [0.29, 0.717) is 5.65 Å². The second-order valence-corrected chi connectivity index (χ2v) is 2.42. The van der Waals surface area contributed by atoms with Gasteiger partial charge in [0.1, 0.15) is 12.4 Å². The van der Waals surface area contributed by atoms with Gasteiger partial charge in [-0.3, -0.25) is 20.0 Å². The highest BCUT2D eigenvalue weighted by molar-refractivity contribution is 5.39. The molecule has 2 aromatic rings. The van der Waals surface area contributed by atoms with Crippen molar-refractivity contribution >= 4 is 11.3 Å². The molecule has 0 aliphatic heterocycles. The van der Waals surface area contributed by atoms with Crippen molar-refractivity contribution in [2.45, 2.75) is 0 Å². The first-order chi connectivity index (χ1) is 6.16. The van der Waals surface area contributed by atoms with Gasteiger partial charge in [0, 0.05) is 6.07 Å². The Morgan fingerprint density at radius 3 is 3.08 bits per heavy atom. The molecule has 7 nitrogen and oxygen atoms in total. The number of nitrogens with one attached hydrogen (secondary N) is 1. The van der Waals surface area contributed by atoms with Gasteiger partial charge in [-0.1, -0.05) is 0 Å². The molecule has 0 aromatic carbocycles. The van der Waals surface area contributed by atoms with E-state index in [1.165, 1.54) is 16.8 Å². The van der Waals surface area contributed by atoms with Crippen molar-refractivity contribution in [1.82, 2.24) is 14.6 Å². The molecular weight excluding hydrogens is 176 g/mol. The van der Waals surface area contributed by atoms with E-state index in [4.69, 9.17) is 0 Å². The summed E-state index contributed by atoms with van der Waals surface area (Å²) in [5.74, 6) is 0. The zero-order valence-electron chi connectivity index (χ0n) is 6.30. The van der Waals surface area contributed by atoms with Crippen molar-refractivity contribution in [3.05, 3.63) is 38.9 Å². The molecule has 0 atom stereocenters. The van der Waals surface area contributed by atoms with E-state index in [2.05, 4.69) is 10.1 Å². The average Bonchev–Trinajstić information content (AvgIpc) is 2.42. The molecule has 0 aliphatic rings. The van der Waals surface area contributed by atoms with E-state index in [1.807, 2.05) is 0 Å². The van der Waals surface area contributed by atoms with E-state index in [0.717, 1.165) is 6.20 Å². The first-order valence-corrected chi connectivity index (χ1v) is 3.38. The monoisotopic (exact) mass is 180 g/mol. The molecule has 1 N–H and O–H groups in total. The second kappa shape index (κ2) is 2.41. The number of aromatic amines is 1. The van der Waals surface area contributed by atoms with Crippen LogP contribution in [0.4, 0.5) is 5.69 Å². The minimum atomic E-state index is -0.579. The molecule has 0 amide bonds. The van der Waals surface area contributed by atoms with Gasteiger partial charge in [-0.25, -0.2) is 9.50 Å². The van der Waals surface area contributed by atoms with Crippen LogP contribution in [0.2, 0.25) is 0 Å². The van der Waals surface area contributed by atoms with Crippen molar-refractivity contribution in [2.24, 2.45) is 0 Å². The van der Waals surface area contributed by atoms with Crippen LogP contribution in [0.1, 0.15) is 0 Å². The number of hydrogen-bond donors (Lipinski definition) is 1. The number of nitro groups is 1. The van der Waals surface area contributed by atoms with Gasteiger partial charge in [0.25, 0.3) is 5.56 Å². The van der Waals surface area contributed by atoms with Crippen LogP contribution in [0.15, 0.2) is 23.3 Å². The molecule has 2 aromatic heterocycles. The van der Waals surface area contributed by atoms with Gasteiger partial charge in [0.05, 0.1) is 4.92 Å². The number of fused-ring (bicyclic) bond motifs is 1. The fourth-order valence-electron chi connectivity index (χ4n) is 0.985. The van der Waals surface area contributed by atoms with Crippen LogP contribution in [0, 0.1) is 10.1 Å². The van der Waals surface area contributed by atoms with Gasteiger partial charge in [0.15, 0.2) is 5.65 Å². The molecule has 0 bridgehead atoms. The van der Waals surface area contributed by atoms with E-state index in [-0.39, 0.29) is 11.2 Å². The highest BCUT2D eigenvalue weighted by atomic mass is 16.6. The Morgan fingerprint density at radius 2 is 2.38 bits per heavy atom. The third-order valence-electron chi connectivity index (χ3n) is 1.54. The van der Waals surface area contributed by atoms with E-state index in [1.54, 1.807) is 0 Å². The molecule has 66 valence electrons. The number of rotatable bonds is 1. The first kappa shape index (κ1) is 7.47. The molecular formula is C6H4N4O3. The molecule has 13 heavy (non-hydrogen) atoms. The molecule has 0 radical (unpaired) electrons. The summed E-state index contributed by atoms with van der Waals surface area (Å²) >= 11 is 0. The molecule has 0 saturated heterocycles. The summed E-state index contributed by atoms with van der Waals surface area (Å²) in [6.07, 6.45) is 2.30. The molecule has 7 heteroatoms. The number of hydrogen-bond acceptors (Lipinski definition) is 4. The van der Waals surface area contributed by atoms with Crippen LogP contribution in [-0.4, -0.2) is 19.5 Å². The number of H-pyrrole nitrogens is 1. The van der Waals surface area contributed by atoms with Crippen LogP contribution in [-0.2, 0) is 0 Å². The van der Waals surface area contributed by atoms with Crippen molar-refractivity contribution in [3.8, 4) is 0 Å². The third kappa shape index (κ3) is 1.15. The molecule has 0 aliphatic carbocycles. The fraction of sp³-hybridized carbons (Fsp3) is 0. The van der Waals surface area contributed by atoms with Gasteiger partial charge in [-0.2, -0.15) is 0 Å². The summed E-state index contributed by atoms with van der Waals surface area (Å²) in [4.78, 5) is 24.2. The number of nitrogens with zero attached hydrogens (tertiary/aromatic N) is 3. The van der Waals surface area contributed by atoms with Crippen LogP contribution in [0.5, 0.6) is 0 Å². The summed E-state index contributed by atoms with van der Waals surface area (Å²) in [6, 6.07) is 1.25. The Hall–Kier alpha value is -2.18. The Labute approximate surface area is 70.8 Å². The van der Waals surface area contributed by atoms with Crippen LogP contribution < -0.4 is 5.56 Å². The summed E-state index contributed by atoms with van der Waals surface area (Å²) in [5.41, 5.74) is -0.150. The smallest absolute Gasteiger partial charge is 0.268 e. The molecule has 0 saturated carbocycles. The minimum Gasteiger partial charge on any atom is -0.268 e. The lowest BCUT2D eigenvalue weighted by Gasteiger charge is -1.92. The fourth-order valence-corrected chi connectivity index (χ4v) is 0.985. The first-order valence-electron chi connectivity index (χ1n) is 3.38. The minimum absolute atomic E-state index is 0.167. The van der Waals surface area contributed by atoms with Gasteiger partial charge in [-0.15, -0.1) is 0 Å². The van der Waals surface area contributed by atoms with Crippen LogP contribution in [0.3, 0.4) is 0 Å². The summed E-state index contributed by atoms with van der Waals surface area (Å²) < 4.78 is 1.21. The largest absolute Gasteiger partial charge is 0.305 e. The highest BCUT2D eigenvalue weighted by Gasteiger charge is 2.07. The molecule has 0 fully saturated rings. The van der Waals surface area contributed by atoms with Gasteiger partial charge >= 0.3 is 5.69 Å². The lowest BCUT2D eigenvalue weighted by atomic mass is 10.5. The summed E-state index contributed by atoms with van der Waals surface area (Å²) in [6.45, 7) is 0. The Balaban J connectivity index is 2.74. The molecule has 0 unspecified atom stereocenters. The summed E-state index contributed by atoms with van der Waals surface area (Å²) in [5, 5.41) is 12.7. The molecule has 2 heterocycles. The van der Waals surface area contributed by atoms with E-state index >= 15 is 0 Å². The molecule has 0 spiro atoms. The maximum atomic E-state index is 10.8. The number of aromatic nitrogens is 3. The zero-order chi connectivity index (χ0) is 9.42. The van der Waals surface area contributed by atoms with Gasteiger partial charge in [-0.05, 0) is 0 Å². The summed E-state index contributed by atoms with van der Waals surface area (Å²) in [7, 11) is 0. The maximum absolute atomic E-state index is 10.8. The average molecular weight is 180 g/mol. The predicted molar refractivity (Wildman–Crippen MR) is 42.5 cm³/mol. The Bertz CT molecular complexity index is 526. The van der Waals surface area contributed by atoms with Crippen LogP contribution in [0.25, 0.3) is 5.65 Å². The maximum Gasteiger partial charge on any atom is 0.305 e.